The van der Waals surface area contributed by atoms with Gasteiger partial charge in [0.15, 0.2) is 0 Å². The van der Waals surface area contributed by atoms with Crippen LogP contribution in [-0.4, -0.2) is 51.5 Å². The van der Waals surface area contributed by atoms with Crippen molar-refractivity contribution < 1.29 is 10.2 Å². The largest absolute Gasteiger partial charge is 0.398 e. The highest BCUT2D eigenvalue weighted by Crippen LogP contribution is 2.10. The van der Waals surface area contributed by atoms with Crippen LogP contribution in [0, 0.1) is 0 Å². The average Bonchev–Trinajstić information content (AvgIpc) is 2.63. The summed E-state index contributed by atoms with van der Waals surface area (Å²) in [6.07, 6.45) is 1.11. The summed E-state index contributed by atoms with van der Waals surface area (Å²) < 4.78 is 1.58. The van der Waals surface area contributed by atoms with E-state index in [4.69, 9.17) is 5.73 Å². The fourth-order valence-electron chi connectivity index (χ4n) is 2.22. The smallest absolute Gasteiger partial charge is 0.250 e. The van der Waals surface area contributed by atoms with Crippen molar-refractivity contribution in [2.24, 2.45) is 0 Å². The van der Waals surface area contributed by atoms with Crippen LogP contribution in [0.15, 0.2) is 23.1 Å². The summed E-state index contributed by atoms with van der Waals surface area (Å²) in [5, 5.41) is 18.8. The SMILES string of the molecule is Nc1ccc(=O)n(CCCN2CC(O)C(O)C2)c1. The summed E-state index contributed by atoms with van der Waals surface area (Å²) in [6.45, 7) is 2.32. The van der Waals surface area contributed by atoms with Gasteiger partial charge in [0.05, 0.1) is 12.2 Å². The molecule has 0 radical (unpaired) electrons. The Kier molecular flexibility index (Phi) is 4.00. The lowest BCUT2D eigenvalue weighted by atomic mass is 10.3. The van der Waals surface area contributed by atoms with E-state index in [0.29, 0.717) is 25.3 Å². The number of aryl methyl sites for hydroxylation is 1. The van der Waals surface area contributed by atoms with Crippen LogP contribution in [0.2, 0.25) is 0 Å². The molecule has 0 saturated carbocycles. The molecular weight excluding hydrogens is 234 g/mol. The Bertz CT molecular complexity index is 450. The van der Waals surface area contributed by atoms with Crippen LogP contribution in [-0.2, 0) is 6.54 Å². The van der Waals surface area contributed by atoms with Gasteiger partial charge in [-0.1, -0.05) is 0 Å². The van der Waals surface area contributed by atoms with Crippen molar-refractivity contribution in [2.75, 3.05) is 25.4 Å². The van der Waals surface area contributed by atoms with E-state index in [1.54, 1.807) is 16.8 Å². The predicted molar refractivity (Wildman–Crippen MR) is 68.2 cm³/mol. The Balaban J connectivity index is 1.82. The van der Waals surface area contributed by atoms with Gasteiger partial charge in [0.2, 0.25) is 0 Å². The molecule has 2 unspecified atom stereocenters. The van der Waals surface area contributed by atoms with E-state index >= 15 is 0 Å². The van der Waals surface area contributed by atoms with Gasteiger partial charge in [-0.2, -0.15) is 0 Å². The highest BCUT2D eigenvalue weighted by molar-refractivity contribution is 5.33. The van der Waals surface area contributed by atoms with Crippen LogP contribution in [0.4, 0.5) is 5.69 Å². The van der Waals surface area contributed by atoms with Crippen LogP contribution in [0.5, 0.6) is 0 Å². The summed E-state index contributed by atoms with van der Waals surface area (Å²) in [6, 6.07) is 3.05. The number of aliphatic hydroxyl groups excluding tert-OH is 2. The Morgan fingerprint density at radius 1 is 1.22 bits per heavy atom. The number of rotatable bonds is 4. The van der Waals surface area contributed by atoms with E-state index < -0.39 is 12.2 Å². The van der Waals surface area contributed by atoms with Gasteiger partial charge in [-0.15, -0.1) is 0 Å². The molecule has 0 bridgehead atoms. The summed E-state index contributed by atoms with van der Waals surface area (Å²) in [5.41, 5.74) is 6.13. The van der Waals surface area contributed by atoms with Gasteiger partial charge < -0.3 is 20.5 Å². The monoisotopic (exact) mass is 253 g/mol. The fraction of sp³-hybridized carbons (Fsp3) is 0.583. The Morgan fingerprint density at radius 3 is 2.56 bits per heavy atom. The minimum absolute atomic E-state index is 0.0642. The number of aromatic nitrogens is 1. The molecule has 1 fully saturated rings. The van der Waals surface area contributed by atoms with Crippen LogP contribution in [0.25, 0.3) is 0 Å². The molecular formula is C12H19N3O3. The summed E-state index contributed by atoms with van der Waals surface area (Å²) in [7, 11) is 0. The molecule has 2 rings (SSSR count). The van der Waals surface area contributed by atoms with Crippen molar-refractivity contribution in [3.8, 4) is 0 Å². The standard InChI is InChI=1S/C12H19N3O3/c13-9-2-3-12(18)15(6-9)5-1-4-14-7-10(16)11(17)8-14/h2-3,6,10-11,16-17H,1,4-5,7-8,13H2. The molecule has 100 valence electrons. The molecule has 2 heterocycles. The molecule has 6 nitrogen and oxygen atoms in total. The number of hydrogen-bond donors (Lipinski definition) is 3. The van der Waals surface area contributed by atoms with Crippen LogP contribution in [0.3, 0.4) is 0 Å². The van der Waals surface area contributed by atoms with Crippen LogP contribution >= 0.6 is 0 Å². The van der Waals surface area contributed by atoms with Gasteiger partial charge in [-0.3, -0.25) is 9.69 Å². The van der Waals surface area contributed by atoms with Crippen molar-refractivity contribution in [1.82, 2.24) is 9.47 Å². The minimum atomic E-state index is -0.653. The Morgan fingerprint density at radius 2 is 1.89 bits per heavy atom. The van der Waals surface area contributed by atoms with E-state index in [2.05, 4.69) is 0 Å². The average molecular weight is 253 g/mol. The molecule has 2 atom stereocenters. The third-order valence-corrected chi connectivity index (χ3v) is 3.21. The topological polar surface area (TPSA) is 91.7 Å². The number of nitrogen functional groups attached to an aromatic ring is 1. The van der Waals surface area contributed by atoms with Crippen LogP contribution in [0.1, 0.15) is 6.42 Å². The fourth-order valence-corrected chi connectivity index (χ4v) is 2.22. The van der Waals surface area contributed by atoms with E-state index in [-0.39, 0.29) is 5.56 Å². The third kappa shape index (κ3) is 3.10. The summed E-state index contributed by atoms with van der Waals surface area (Å²) in [4.78, 5) is 13.5. The maximum Gasteiger partial charge on any atom is 0.250 e. The van der Waals surface area contributed by atoms with Gasteiger partial charge in [-0.25, -0.2) is 0 Å². The zero-order valence-corrected chi connectivity index (χ0v) is 10.2. The molecule has 0 spiro atoms. The quantitative estimate of drug-likeness (QED) is 0.631. The molecule has 0 aromatic carbocycles. The summed E-state index contributed by atoms with van der Waals surface area (Å²) in [5.74, 6) is 0. The molecule has 1 aliphatic heterocycles. The normalized spacial score (nSPS) is 24.6. The first kappa shape index (κ1) is 13.1. The maximum absolute atomic E-state index is 11.5. The molecule has 1 aliphatic rings. The third-order valence-electron chi connectivity index (χ3n) is 3.21. The highest BCUT2D eigenvalue weighted by Gasteiger charge is 2.28. The second-order valence-electron chi connectivity index (χ2n) is 4.74. The molecule has 0 aliphatic carbocycles. The maximum atomic E-state index is 11.5. The number of nitrogens with zero attached hydrogens (tertiary/aromatic N) is 2. The number of aliphatic hydroxyl groups is 2. The molecule has 4 N–H and O–H groups in total. The van der Waals surface area contributed by atoms with Crippen molar-refractivity contribution in [3.05, 3.63) is 28.7 Å². The zero-order valence-electron chi connectivity index (χ0n) is 10.2. The highest BCUT2D eigenvalue weighted by atomic mass is 16.3. The first-order valence-corrected chi connectivity index (χ1v) is 6.11. The number of pyridine rings is 1. The first-order chi connectivity index (χ1) is 8.56. The number of nitrogens with two attached hydrogens (primary N) is 1. The molecule has 0 amide bonds. The molecule has 6 heteroatoms. The zero-order chi connectivity index (χ0) is 13.1. The van der Waals surface area contributed by atoms with E-state index in [0.717, 1.165) is 13.0 Å². The lowest BCUT2D eigenvalue weighted by molar-refractivity contribution is 0.0572. The van der Waals surface area contributed by atoms with E-state index in [1.165, 1.54) is 6.07 Å². The first-order valence-electron chi connectivity index (χ1n) is 6.11. The summed E-state index contributed by atoms with van der Waals surface area (Å²) >= 11 is 0. The van der Waals surface area contributed by atoms with Gasteiger partial charge >= 0.3 is 0 Å². The van der Waals surface area contributed by atoms with E-state index in [9.17, 15) is 15.0 Å². The van der Waals surface area contributed by atoms with Gasteiger partial charge in [0, 0.05) is 44.1 Å². The second-order valence-corrected chi connectivity index (χ2v) is 4.74. The Labute approximate surface area is 105 Å². The van der Waals surface area contributed by atoms with Gasteiger partial charge in [0.25, 0.3) is 5.56 Å². The lowest BCUT2D eigenvalue weighted by Gasteiger charge is -2.14. The number of β-amino-alcohol motifs (C(OH)–C–C–N with tert-alkyl or cyclic N) is 2. The van der Waals surface area contributed by atoms with Crippen LogP contribution < -0.4 is 11.3 Å². The molecule has 1 saturated heterocycles. The number of likely N-dealkylation sites (tertiary alicyclic amines) is 1. The van der Waals surface area contributed by atoms with Gasteiger partial charge in [0.1, 0.15) is 0 Å². The minimum Gasteiger partial charge on any atom is -0.398 e. The Hall–Kier alpha value is -1.37. The van der Waals surface area contributed by atoms with Crippen molar-refractivity contribution >= 4 is 5.69 Å². The van der Waals surface area contributed by atoms with E-state index in [1.807, 2.05) is 4.90 Å². The number of hydrogen-bond acceptors (Lipinski definition) is 5. The number of anilines is 1. The van der Waals surface area contributed by atoms with Gasteiger partial charge in [-0.05, 0) is 12.5 Å². The lowest BCUT2D eigenvalue weighted by Crippen LogP contribution is -2.26. The predicted octanol–water partition coefficient (Wildman–Crippen LogP) is -1.14. The van der Waals surface area contributed by atoms with Crippen molar-refractivity contribution in [2.45, 2.75) is 25.2 Å². The molecule has 1 aromatic rings. The molecule has 18 heavy (non-hydrogen) atoms. The molecule has 1 aromatic heterocycles. The van der Waals surface area contributed by atoms with Crippen molar-refractivity contribution in [3.63, 3.8) is 0 Å². The van der Waals surface area contributed by atoms with Crippen molar-refractivity contribution in [1.29, 1.82) is 0 Å². The second kappa shape index (κ2) is 5.51.